The Hall–Kier alpha value is -0.570. The number of hydrogen-bond donors (Lipinski definition) is 1. The molecule has 4 rings (SSSR count). The molecule has 0 aliphatic heterocycles. The second kappa shape index (κ2) is 3.72. The summed E-state index contributed by atoms with van der Waals surface area (Å²) in [4.78, 5) is 13.7. The van der Waals surface area contributed by atoms with Crippen LogP contribution in [-0.2, 0) is 4.79 Å². The van der Waals surface area contributed by atoms with Gasteiger partial charge in [0.25, 0.3) is 0 Å². The summed E-state index contributed by atoms with van der Waals surface area (Å²) in [5.41, 5.74) is -0.567. The van der Waals surface area contributed by atoms with Crippen molar-refractivity contribution >= 4 is 5.97 Å². The molecular weight excluding hydrogens is 226 g/mol. The normalized spacial score (nSPS) is 42.6. The smallest absolute Gasteiger partial charge is 0.323 e. The maximum Gasteiger partial charge on any atom is 0.323 e. The largest absolute Gasteiger partial charge is 0.480 e. The molecule has 4 bridgehead atoms. The molecule has 0 atom stereocenters. The van der Waals surface area contributed by atoms with Crippen LogP contribution in [0.2, 0.25) is 0 Å². The molecule has 0 saturated heterocycles. The molecule has 1 N–H and O–H groups in total. The Kier molecular flexibility index (Phi) is 2.58. The van der Waals surface area contributed by atoms with Crippen LogP contribution >= 0.6 is 0 Å². The number of carboxylic acid groups (broad SMARTS) is 1. The first-order valence-corrected chi connectivity index (χ1v) is 7.31. The quantitative estimate of drug-likeness (QED) is 0.838. The lowest BCUT2D eigenvalue weighted by molar-refractivity contribution is -0.163. The third-order valence-electron chi connectivity index (χ3n) is 6.08. The molecule has 0 radical (unpaired) electrons. The van der Waals surface area contributed by atoms with Gasteiger partial charge in [-0.2, -0.15) is 0 Å². The van der Waals surface area contributed by atoms with Crippen molar-refractivity contribution in [2.75, 3.05) is 7.05 Å². The monoisotopic (exact) mass is 251 g/mol. The van der Waals surface area contributed by atoms with E-state index in [0.29, 0.717) is 0 Å². The topological polar surface area (TPSA) is 40.5 Å². The summed E-state index contributed by atoms with van der Waals surface area (Å²) in [6.07, 6.45) is 7.90. The van der Waals surface area contributed by atoms with Crippen molar-refractivity contribution in [3.63, 3.8) is 0 Å². The van der Waals surface area contributed by atoms with E-state index in [1.807, 2.05) is 20.9 Å². The average Bonchev–Trinajstić information content (AvgIpc) is 2.25. The van der Waals surface area contributed by atoms with E-state index < -0.39 is 11.5 Å². The molecule has 102 valence electrons. The van der Waals surface area contributed by atoms with Gasteiger partial charge in [0.2, 0.25) is 0 Å². The molecule has 0 amide bonds. The van der Waals surface area contributed by atoms with Gasteiger partial charge in [-0.3, -0.25) is 9.69 Å². The Labute approximate surface area is 110 Å². The maximum absolute atomic E-state index is 11.5. The third-order valence-corrected chi connectivity index (χ3v) is 6.08. The van der Waals surface area contributed by atoms with E-state index in [1.54, 1.807) is 0 Å². The molecule has 4 saturated carbocycles. The fraction of sp³-hybridized carbons (Fsp3) is 0.933. The fourth-order valence-electron chi connectivity index (χ4n) is 5.21. The lowest BCUT2D eigenvalue weighted by atomic mass is 9.52. The Morgan fingerprint density at radius 2 is 1.50 bits per heavy atom. The molecule has 0 aromatic rings. The first-order chi connectivity index (χ1) is 8.33. The average molecular weight is 251 g/mol. The van der Waals surface area contributed by atoms with Gasteiger partial charge in [-0.1, -0.05) is 0 Å². The van der Waals surface area contributed by atoms with E-state index in [9.17, 15) is 9.90 Å². The van der Waals surface area contributed by atoms with Gasteiger partial charge in [0, 0.05) is 5.54 Å². The predicted octanol–water partition coefficient (Wildman–Crippen LogP) is 2.75. The van der Waals surface area contributed by atoms with Crippen LogP contribution in [0.15, 0.2) is 0 Å². The molecule has 0 unspecified atom stereocenters. The first kappa shape index (κ1) is 12.5. The highest BCUT2D eigenvalue weighted by Crippen LogP contribution is 2.58. The fourth-order valence-corrected chi connectivity index (χ4v) is 5.21. The summed E-state index contributed by atoms with van der Waals surface area (Å²) in [5, 5.41) is 9.47. The van der Waals surface area contributed by atoms with E-state index in [4.69, 9.17) is 0 Å². The molecule has 3 nitrogen and oxygen atoms in total. The van der Waals surface area contributed by atoms with E-state index in [1.165, 1.54) is 38.5 Å². The standard InChI is InChI=1S/C15H25NO2/c1-14(2,13(17)18)16(3)15-7-10-4-11(8-15)6-12(5-10)9-15/h10-12H,4-9H2,1-3H3,(H,17,18). The lowest BCUT2D eigenvalue weighted by Gasteiger charge is -2.62. The third kappa shape index (κ3) is 1.63. The lowest BCUT2D eigenvalue weighted by Crippen LogP contribution is -2.65. The van der Waals surface area contributed by atoms with Crippen LogP contribution < -0.4 is 0 Å². The summed E-state index contributed by atoms with van der Waals surface area (Å²) in [6, 6.07) is 0. The number of carboxylic acids is 1. The molecule has 4 fully saturated rings. The van der Waals surface area contributed by atoms with Crippen LogP contribution in [0.3, 0.4) is 0 Å². The minimum absolute atomic E-state index is 0.177. The number of hydrogen-bond acceptors (Lipinski definition) is 2. The van der Waals surface area contributed by atoms with Crippen molar-refractivity contribution < 1.29 is 9.90 Å². The molecule has 0 spiro atoms. The summed E-state index contributed by atoms with van der Waals surface area (Å²) in [6.45, 7) is 3.71. The zero-order chi connectivity index (χ0) is 13.1. The van der Waals surface area contributed by atoms with Crippen LogP contribution in [0.5, 0.6) is 0 Å². The Morgan fingerprint density at radius 3 is 1.83 bits per heavy atom. The number of likely N-dealkylation sites (N-methyl/N-ethyl adjacent to an activating group) is 1. The van der Waals surface area contributed by atoms with Gasteiger partial charge >= 0.3 is 5.97 Å². The van der Waals surface area contributed by atoms with E-state index in [-0.39, 0.29) is 5.54 Å². The van der Waals surface area contributed by atoms with Gasteiger partial charge in [-0.15, -0.1) is 0 Å². The molecule has 4 aliphatic carbocycles. The van der Waals surface area contributed by atoms with E-state index in [2.05, 4.69) is 4.90 Å². The van der Waals surface area contributed by atoms with E-state index in [0.717, 1.165) is 17.8 Å². The summed E-state index contributed by atoms with van der Waals surface area (Å²) >= 11 is 0. The van der Waals surface area contributed by atoms with Crippen molar-refractivity contribution in [1.82, 2.24) is 4.90 Å². The zero-order valence-corrected chi connectivity index (χ0v) is 11.8. The molecule has 0 heterocycles. The summed E-state index contributed by atoms with van der Waals surface area (Å²) in [7, 11) is 2.04. The SMILES string of the molecule is CN(C12CC3CC(CC(C3)C1)C2)C(C)(C)C(=O)O. The highest BCUT2D eigenvalue weighted by Gasteiger charge is 2.56. The second-order valence-corrected chi connectivity index (χ2v) is 7.57. The van der Waals surface area contributed by atoms with Crippen LogP contribution in [0, 0.1) is 17.8 Å². The highest BCUT2D eigenvalue weighted by molar-refractivity contribution is 5.77. The first-order valence-electron chi connectivity index (χ1n) is 7.31. The van der Waals surface area contributed by atoms with Gasteiger partial charge in [0.15, 0.2) is 0 Å². The maximum atomic E-state index is 11.5. The Morgan fingerprint density at radius 1 is 1.11 bits per heavy atom. The van der Waals surface area contributed by atoms with Crippen molar-refractivity contribution in [1.29, 1.82) is 0 Å². The van der Waals surface area contributed by atoms with Crippen molar-refractivity contribution in [3.8, 4) is 0 Å². The van der Waals surface area contributed by atoms with Gasteiger partial charge in [-0.05, 0) is 77.2 Å². The van der Waals surface area contributed by atoms with Crippen LogP contribution in [0.1, 0.15) is 52.4 Å². The van der Waals surface area contributed by atoms with Gasteiger partial charge in [0.05, 0.1) is 0 Å². The van der Waals surface area contributed by atoms with Crippen molar-refractivity contribution in [2.24, 2.45) is 17.8 Å². The predicted molar refractivity (Wildman–Crippen MR) is 70.4 cm³/mol. The number of nitrogens with zero attached hydrogens (tertiary/aromatic N) is 1. The summed E-state index contributed by atoms with van der Waals surface area (Å²) in [5.74, 6) is 1.90. The zero-order valence-electron chi connectivity index (χ0n) is 11.8. The molecule has 3 heteroatoms. The van der Waals surface area contributed by atoms with Crippen LogP contribution in [0.4, 0.5) is 0 Å². The van der Waals surface area contributed by atoms with Gasteiger partial charge in [-0.25, -0.2) is 0 Å². The summed E-state index contributed by atoms with van der Waals surface area (Å²) < 4.78 is 0. The molecular formula is C15H25NO2. The molecule has 0 aromatic carbocycles. The second-order valence-electron chi connectivity index (χ2n) is 7.57. The van der Waals surface area contributed by atoms with Gasteiger partial charge in [0.1, 0.15) is 5.54 Å². The Bertz CT molecular complexity index is 339. The minimum atomic E-state index is -0.744. The minimum Gasteiger partial charge on any atom is -0.480 e. The molecule has 18 heavy (non-hydrogen) atoms. The number of aliphatic carboxylic acids is 1. The van der Waals surface area contributed by atoms with Crippen LogP contribution in [0.25, 0.3) is 0 Å². The number of rotatable bonds is 3. The molecule has 0 aromatic heterocycles. The highest BCUT2D eigenvalue weighted by atomic mass is 16.4. The van der Waals surface area contributed by atoms with Gasteiger partial charge < -0.3 is 5.11 Å². The van der Waals surface area contributed by atoms with Crippen molar-refractivity contribution in [3.05, 3.63) is 0 Å². The Balaban J connectivity index is 1.89. The number of carbonyl (C=O) groups is 1. The molecule has 4 aliphatic rings. The van der Waals surface area contributed by atoms with Crippen LogP contribution in [-0.4, -0.2) is 34.1 Å². The van der Waals surface area contributed by atoms with E-state index >= 15 is 0 Å². The van der Waals surface area contributed by atoms with Crippen molar-refractivity contribution in [2.45, 2.75) is 63.5 Å².